The molecule has 6 heteroatoms. The molecule has 0 unspecified atom stereocenters. The number of pyridine rings is 1. The molecule has 2 aromatic heterocycles. The summed E-state index contributed by atoms with van der Waals surface area (Å²) in [5.74, 6) is 0.524. The fourth-order valence-corrected chi connectivity index (χ4v) is 1.35. The second-order valence-corrected chi connectivity index (χ2v) is 3.11. The zero-order chi connectivity index (χ0) is 11.1. The largest absolute Gasteiger partial charge is 0.417 e. The summed E-state index contributed by atoms with van der Waals surface area (Å²) in [6.07, 6.45) is -2.76. The standard InChI is InChI=1S/C9H8F3N3/c1-2-7-13-14-8-4-3-6(5-15(7)8)9(10,11)12/h3-5H,2H2,1H3. The average molecular weight is 215 g/mol. The van der Waals surface area contributed by atoms with Crippen LogP contribution in [0.15, 0.2) is 18.3 Å². The maximum Gasteiger partial charge on any atom is 0.417 e. The molecule has 0 atom stereocenters. The Labute approximate surface area is 83.5 Å². The Balaban J connectivity index is 2.63. The molecule has 80 valence electrons. The van der Waals surface area contributed by atoms with Crippen molar-refractivity contribution in [1.29, 1.82) is 0 Å². The van der Waals surface area contributed by atoms with Crippen molar-refractivity contribution in [2.45, 2.75) is 19.5 Å². The van der Waals surface area contributed by atoms with Crippen LogP contribution in [0.1, 0.15) is 18.3 Å². The maximum absolute atomic E-state index is 12.4. The van der Waals surface area contributed by atoms with Crippen molar-refractivity contribution in [3.63, 3.8) is 0 Å². The van der Waals surface area contributed by atoms with E-state index in [9.17, 15) is 13.2 Å². The van der Waals surface area contributed by atoms with Crippen molar-refractivity contribution >= 4 is 5.65 Å². The van der Waals surface area contributed by atoms with Crippen LogP contribution in [0.4, 0.5) is 13.2 Å². The number of rotatable bonds is 1. The van der Waals surface area contributed by atoms with E-state index < -0.39 is 11.7 Å². The van der Waals surface area contributed by atoms with Crippen LogP contribution < -0.4 is 0 Å². The Morgan fingerprint density at radius 3 is 2.60 bits per heavy atom. The third-order valence-electron chi connectivity index (χ3n) is 2.12. The molecule has 2 heterocycles. The highest BCUT2D eigenvalue weighted by Gasteiger charge is 2.31. The van der Waals surface area contributed by atoms with E-state index >= 15 is 0 Å². The van der Waals surface area contributed by atoms with E-state index in [1.54, 1.807) is 0 Å². The lowest BCUT2D eigenvalue weighted by atomic mass is 10.3. The Morgan fingerprint density at radius 2 is 2.00 bits per heavy atom. The lowest BCUT2D eigenvalue weighted by Crippen LogP contribution is -2.06. The summed E-state index contributed by atoms with van der Waals surface area (Å²) in [6.45, 7) is 1.82. The highest BCUT2D eigenvalue weighted by Crippen LogP contribution is 2.29. The first-order valence-corrected chi connectivity index (χ1v) is 4.43. The van der Waals surface area contributed by atoms with E-state index in [1.165, 1.54) is 10.5 Å². The van der Waals surface area contributed by atoms with Crippen LogP contribution in [0.2, 0.25) is 0 Å². The summed E-state index contributed by atoms with van der Waals surface area (Å²) >= 11 is 0. The number of hydrogen-bond acceptors (Lipinski definition) is 2. The van der Waals surface area contributed by atoms with Crippen molar-refractivity contribution in [3.05, 3.63) is 29.7 Å². The van der Waals surface area contributed by atoms with Gasteiger partial charge in [-0.25, -0.2) is 0 Å². The van der Waals surface area contributed by atoms with Crippen LogP contribution in [0.25, 0.3) is 5.65 Å². The van der Waals surface area contributed by atoms with Gasteiger partial charge >= 0.3 is 6.18 Å². The van der Waals surface area contributed by atoms with Crippen molar-refractivity contribution < 1.29 is 13.2 Å². The van der Waals surface area contributed by atoms with Crippen LogP contribution in [0, 0.1) is 0 Å². The molecule has 0 aliphatic rings. The molecule has 0 aliphatic carbocycles. The van der Waals surface area contributed by atoms with Gasteiger partial charge in [0.15, 0.2) is 5.65 Å². The summed E-state index contributed by atoms with van der Waals surface area (Å²) < 4.78 is 38.6. The predicted molar refractivity (Wildman–Crippen MR) is 47.4 cm³/mol. The minimum atomic E-state index is -4.33. The molecule has 0 amide bonds. The predicted octanol–water partition coefficient (Wildman–Crippen LogP) is 2.31. The van der Waals surface area contributed by atoms with Gasteiger partial charge < -0.3 is 0 Å². The highest BCUT2D eigenvalue weighted by atomic mass is 19.4. The van der Waals surface area contributed by atoms with E-state index in [0.29, 0.717) is 17.9 Å². The average Bonchev–Trinajstić information content (AvgIpc) is 2.57. The summed E-state index contributed by atoms with van der Waals surface area (Å²) in [4.78, 5) is 0. The first-order chi connectivity index (χ1) is 7.02. The van der Waals surface area contributed by atoms with Gasteiger partial charge in [0.05, 0.1) is 5.56 Å². The van der Waals surface area contributed by atoms with Crippen LogP contribution in [0.3, 0.4) is 0 Å². The van der Waals surface area contributed by atoms with Gasteiger partial charge in [-0.15, -0.1) is 10.2 Å². The number of aromatic nitrogens is 3. The molecule has 0 fully saturated rings. The molecule has 0 spiro atoms. The van der Waals surface area contributed by atoms with Crippen LogP contribution >= 0.6 is 0 Å². The van der Waals surface area contributed by atoms with E-state index in [4.69, 9.17) is 0 Å². The second kappa shape index (κ2) is 3.22. The second-order valence-electron chi connectivity index (χ2n) is 3.11. The molecule has 3 nitrogen and oxygen atoms in total. The molecule has 0 radical (unpaired) electrons. The van der Waals surface area contributed by atoms with Gasteiger partial charge in [-0.3, -0.25) is 4.40 Å². The Morgan fingerprint density at radius 1 is 1.27 bits per heavy atom. The molecule has 2 rings (SSSR count). The van der Waals surface area contributed by atoms with Gasteiger partial charge in [-0.1, -0.05) is 6.92 Å². The molecule has 0 aliphatic heterocycles. The zero-order valence-electron chi connectivity index (χ0n) is 7.91. The van der Waals surface area contributed by atoms with E-state index in [-0.39, 0.29) is 0 Å². The fourth-order valence-electron chi connectivity index (χ4n) is 1.35. The summed E-state index contributed by atoms with van der Waals surface area (Å²) in [5.41, 5.74) is -0.260. The summed E-state index contributed by atoms with van der Waals surface area (Å²) in [6, 6.07) is 2.32. The molecule has 15 heavy (non-hydrogen) atoms. The molecule has 0 N–H and O–H groups in total. The van der Waals surface area contributed by atoms with Crippen LogP contribution in [0.5, 0.6) is 0 Å². The smallest absolute Gasteiger partial charge is 0.286 e. The van der Waals surface area contributed by atoms with Crippen molar-refractivity contribution in [1.82, 2.24) is 14.6 Å². The van der Waals surface area contributed by atoms with Gasteiger partial charge in [0.1, 0.15) is 5.82 Å². The molecular weight excluding hydrogens is 207 g/mol. The van der Waals surface area contributed by atoms with Gasteiger partial charge in [-0.2, -0.15) is 13.2 Å². The molecule has 0 bridgehead atoms. The van der Waals surface area contributed by atoms with E-state index in [1.807, 2.05) is 6.92 Å². The highest BCUT2D eigenvalue weighted by molar-refractivity contribution is 5.40. The van der Waals surface area contributed by atoms with E-state index in [0.717, 1.165) is 12.3 Å². The maximum atomic E-state index is 12.4. The molecule has 0 saturated carbocycles. The molecular formula is C9H8F3N3. The number of alkyl halides is 3. The molecule has 2 aromatic rings. The number of fused-ring (bicyclic) bond motifs is 1. The van der Waals surface area contributed by atoms with Gasteiger partial charge in [0.25, 0.3) is 0 Å². The summed E-state index contributed by atoms with van der Waals surface area (Å²) in [7, 11) is 0. The molecule has 0 aromatic carbocycles. The SMILES string of the molecule is CCc1nnc2ccc(C(F)(F)F)cn12. The fraction of sp³-hybridized carbons (Fsp3) is 0.333. The number of hydrogen-bond donors (Lipinski definition) is 0. The Bertz CT molecular complexity index is 487. The third-order valence-corrected chi connectivity index (χ3v) is 2.12. The summed E-state index contributed by atoms with van der Waals surface area (Å²) in [5, 5.41) is 7.54. The van der Waals surface area contributed by atoms with E-state index in [2.05, 4.69) is 10.2 Å². The topological polar surface area (TPSA) is 30.2 Å². The van der Waals surface area contributed by atoms with Gasteiger partial charge in [0.2, 0.25) is 0 Å². The van der Waals surface area contributed by atoms with Crippen LogP contribution in [-0.4, -0.2) is 14.6 Å². The zero-order valence-corrected chi connectivity index (χ0v) is 7.91. The van der Waals surface area contributed by atoms with Gasteiger partial charge in [-0.05, 0) is 12.1 Å². The number of halogens is 3. The molecule has 0 saturated heterocycles. The first kappa shape index (κ1) is 9.95. The quantitative estimate of drug-likeness (QED) is 0.730. The van der Waals surface area contributed by atoms with Crippen molar-refractivity contribution in [2.75, 3.05) is 0 Å². The van der Waals surface area contributed by atoms with Gasteiger partial charge in [0, 0.05) is 12.6 Å². The van der Waals surface area contributed by atoms with Crippen LogP contribution in [-0.2, 0) is 12.6 Å². The lowest BCUT2D eigenvalue weighted by molar-refractivity contribution is -0.137. The third kappa shape index (κ3) is 1.67. The lowest BCUT2D eigenvalue weighted by Gasteiger charge is -2.06. The first-order valence-electron chi connectivity index (χ1n) is 4.43. The minimum absolute atomic E-state index is 0.430. The number of aryl methyl sites for hydroxylation is 1. The number of nitrogens with zero attached hydrogens (tertiary/aromatic N) is 3. The minimum Gasteiger partial charge on any atom is -0.286 e. The van der Waals surface area contributed by atoms with Crippen molar-refractivity contribution in [2.24, 2.45) is 0 Å². The van der Waals surface area contributed by atoms with Crippen molar-refractivity contribution in [3.8, 4) is 0 Å². The monoisotopic (exact) mass is 215 g/mol. The normalized spacial score (nSPS) is 12.3. The Kier molecular flexibility index (Phi) is 2.13. The Hall–Kier alpha value is -1.59.